The van der Waals surface area contributed by atoms with Crippen LogP contribution in [0.2, 0.25) is 0 Å². The Hall–Kier alpha value is -3.13. The van der Waals surface area contributed by atoms with E-state index in [1.54, 1.807) is 25.3 Å². The Balaban J connectivity index is 2.16. The predicted molar refractivity (Wildman–Crippen MR) is 94.3 cm³/mol. The number of pyridine rings is 1. The van der Waals surface area contributed by atoms with Gasteiger partial charge in [0.1, 0.15) is 12.3 Å². The summed E-state index contributed by atoms with van der Waals surface area (Å²) < 4.78 is 15.7. The molecule has 1 aromatic carbocycles. The van der Waals surface area contributed by atoms with E-state index in [2.05, 4.69) is 10.3 Å². The van der Waals surface area contributed by atoms with Gasteiger partial charge >= 0.3 is 5.97 Å². The second-order valence-electron chi connectivity index (χ2n) is 5.30. The summed E-state index contributed by atoms with van der Waals surface area (Å²) in [6.07, 6.45) is 0. The summed E-state index contributed by atoms with van der Waals surface area (Å²) in [5.74, 6) is -0.556. The second kappa shape index (κ2) is 8.82. The van der Waals surface area contributed by atoms with Crippen LogP contribution >= 0.6 is 0 Å². The van der Waals surface area contributed by atoms with Crippen LogP contribution in [0.15, 0.2) is 30.3 Å². The largest absolute Gasteiger partial charge is 0.493 e. The molecule has 0 saturated carbocycles. The van der Waals surface area contributed by atoms with E-state index >= 15 is 0 Å². The molecule has 1 amide bonds. The summed E-state index contributed by atoms with van der Waals surface area (Å²) in [6.45, 7) is 2.29. The number of hydrogen-bond acceptors (Lipinski definition) is 6. The highest BCUT2D eigenvalue weighted by Gasteiger charge is 2.14. The van der Waals surface area contributed by atoms with Crippen LogP contribution in [0.5, 0.6) is 11.5 Å². The van der Waals surface area contributed by atoms with Crippen molar-refractivity contribution in [3.8, 4) is 11.5 Å². The number of methoxy groups -OCH3 is 2. The highest BCUT2D eigenvalue weighted by atomic mass is 16.5. The molecular formula is C18H20N2O6. The van der Waals surface area contributed by atoms with Gasteiger partial charge in [0.2, 0.25) is 0 Å². The SMILES string of the molecule is COCCOc1cc(NC(=O)c2ccc(C(=O)O)c(C)n2)ccc1OC. The highest BCUT2D eigenvalue weighted by molar-refractivity contribution is 6.03. The molecule has 0 aliphatic heterocycles. The second-order valence-corrected chi connectivity index (χ2v) is 5.30. The van der Waals surface area contributed by atoms with Crippen molar-refractivity contribution in [1.82, 2.24) is 4.98 Å². The first-order chi connectivity index (χ1) is 12.5. The number of carboxylic acid groups (broad SMARTS) is 1. The molecule has 0 aliphatic carbocycles. The number of nitrogens with one attached hydrogen (secondary N) is 1. The zero-order valence-corrected chi connectivity index (χ0v) is 14.7. The number of carbonyl (C=O) groups excluding carboxylic acids is 1. The summed E-state index contributed by atoms with van der Waals surface area (Å²) in [6, 6.07) is 7.69. The van der Waals surface area contributed by atoms with Crippen molar-refractivity contribution in [2.75, 3.05) is 32.8 Å². The van der Waals surface area contributed by atoms with Gasteiger partial charge in [-0.1, -0.05) is 0 Å². The molecule has 0 aliphatic rings. The van der Waals surface area contributed by atoms with Crippen LogP contribution in [0, 0.1) is 6.92 Å². The topological polar surface area (TPSA) is 107 Å². The normalized spacial score (nSPS) is 10.3. The lowest BCUT2D eigenvalue weighted by Gasteiger charge is -2.13. The van der Waals surface area contributed by atoms with Gasteiger partial charge in [0.15, 0.2) is 11.5 Å². The van der Waals surface area contributed by atoms with Gasteiger partial charge in [0, 0.05) is 18.9 Å². The molecule has 1 aromatic heterocycles. The van der Waals surface area contributed by atoms with Crippen molar-refractivity contribution >= 4 is 17.6 Å². The lowest BCUT2D eigenvalue weighted by molar-refractivity contribution is 0.0695. The minimum absolute atomic E-state index is 0.0554. The van der Waals surface area contributed by atoms with Gasteiger partial charge < -0.3 is 24.6 Å². The predicted octanol–water partition coefficient (Wildman–Crippen LogP) is 2.37. The van der Waals surface area contributed by atoms with E-state index in [9.17, 15) is 9.59 Å². The lowest BCUT2D eigenvalue weighted by Crippen LogP contribution is -2.15. The summed E-state index contributed by atoms with van der Waals surface area (Å²) in [4.78, 5) is 27.4. The zero-order valence-electron chi connectivity index (χ0n) is 14.7. The molecule has 2 N–H and O–H groups in total. The van der Waals surface area contributed by atoms with Crippen LogP contribution in [0.4, 0.5) is 5.69 Å². The maximum absolute atomic E-state index is 12.4. The highest BCUT2D eigenvalue weighted by Crippen LogP contribution is 2.30. The average Bonchev–Trinajstić information content (AvgIpc) is 2.61. The fourth-order valence-electron chi connectivity index (χ4n) is 2.21. The summed E-state index contributed by atoms with van der Waals surface area (Å²) >= 11 is 0. The Morgan fingerprint density at radius 1 is 1.12 bits per heavy atom. The van der Waals surface area contributed by atoms with E-state index in [1.807, 2.05) is 0 Å². The Morgan fingerprint density at radius 3 is 2.50 bits per heavy atom. The quantitative estimate of drug-likeness (QED) is 0.696. The minimum atomic E-state index is -1.09. The van der Waals surface area contributed by atoms with Crippen LogP contribution in [0.1, 0.15) is 26.5 Å². The van der Waals surface area contributed by atoms with Crippen LogP contribution in [-0.2, 0) is 4.74 Å². The van der Waals surface area contributed by atoms with Crippen molar-refractivity contribution in [2.45, 2.75) is 6.92 Å². The lowest BCUT2D eigenvalue weighted by atomic mass is 10.2. The average molecular weight is 360 g/mol. The van der Waals surface area contributed by atoms with Gasteiger partial charge in [-0.05, 0) is 31.2 Å². The van der Waals surface area contributed by atoms with E-state index in [0.29, 0.717) is 30.4 Å². The number of benzene rings is 1. The number of aryl methyl sites for hydroxylation is 1. The smallest absolute Gasteiger partial charge is 0.337 e. The molecule has 26 heavy (non-hydrogen) atoms. The van der Waals surface area contributed by atoms with Crippen molar-refractivity contribution in [1.29, 1.82) is 0 Å². The number of ether oxygens (including phenoxy) is 3. The number of aromatic carboxylic acids is 1. The van der Waals surface area contributed by atoms with Gasteiger partial charge in [-0.2, -0.15) is 0 Å². The Kier molecular flexibility index (Phi) is 6.51. The van der Waals surface area contributed by atoms with Gasteiger partial charge in [-0.25, -0.2) is 9.78 Å². The van der Waals surface area contributed by atoms with Gasteiger partial charge in [0.05, 0.1) is 25.0 Å². The van der Waals surface area contributed by atoms with Crippen molar-refractivity contribution in [3.63, 3.8) is 0 Å². The number of amides is 1. The number of carboxylic acids is 1. The third-order valence-corrected chi connectivity index (χ3v) is 3.52. The third kappa shape index (κ3) is 4.70. The number of nitrogens with zero attached hydrogens (tertiary/aromatic N) is 1. The minimum Gasteiger partial charge on any atom is -0.493 e. The molecule has 0 saturated heterocycles. The van der Waals surface area contributed by atoms with E-state index < -0.39 is 11.9 Å². The molecule has 138 valence electrons. The van der Waals surface area contributed by atoms with Crippen LogP contribution < -0.4 is 14.8 Å². The molecule has 0 bridgehead atoms. The van der Waals surface area contributed by atoms with E-state index in [0.717, 1.165) is 0 Å². The first kappa shape index (κ1) is 19.2. The van der Waals surface area contributed by atoms with Crippen molar-refractivity contribution < 1.29 is 28.9 Å². The number of aromatic nitrogens is 1. The summed E-state index contributed by atoms with van der Waals surface area (Å²) in [5, 5.41) is 11.7. The summed E-state index contributed by atoms with van der Waals surface area (Å²) in [7, 11) is 3.09. The Morgan fingerprint density at radius 2 is 1.88 bits per heavy atom. The van der Waals surface area contributed by atoms with E-state index in [1.165, 1.54) is 26.2 Å². The molecule has 0 unspecified atom stereocenters. The molecule has 8 nitrogen and oxygen atoms in total. The maximum Gasteiger partial charge on any atom is 0.337 e. The fraction of sp³-hybridized carbons (Fsp3) is 0.278. The van der Waals surface area contributed by atoms with Crippen LogP contribution in [0.25, 0.3) is 0 Å². The molecule has 8 heteroatoms. The monoisotopic (exact) mass is 360 g/mol. The summed E-state index contributed by atoms with van der Waals surface area (Å²) in [5.41, 5.74) is 0.929. The number of rotatable bonds is 8. The molecule has 2 aromatic rings. The molecule has 0 radical (unpaired) electrons. The van der Waals surface area contributed by atoms with Gasteiger partial charge in [-0.15, -0.1) is 0 Å². The van der Waals surface area contributed by atoms with E-state index in [-0.39, 0.29) is 17.0 Å². The van der Waals surface area contributed by atoms with Gasteiger partial charge in [-0.3, -0.25) is 4.79 Å². The van der Waals surface area contributed by atoms with Crippen molar-refractivity contribution in [3.05, 3.63) is 47.3 Å². The Labute approximate surface area is 150 Å². The van der Waals surface area contributed by atoms with E-state index in [4.69, 9.17) is 19.3 Å². The number of carbonyl (C=O) groups is 2. The molecule has 2 rings (SSSR count). The van der Waals surface area contributed by atoms with Crippen LogP contribution in [-0.4, -0.2) is 49.4 Å². The Bertz CT molecular complexity index is 806. The maximum atomic E-state index is 12.4. The van der Waals surface area contributed by atoms with Crippen LogP contribution in [0.3, 0.4) is 0 Å². The molecule has 0 atom stereocenters. The molecule has 1 heterocycles. The van der Waals surface area contributed by atoms with Crippen molar-refractivity contribution in [2.24, 2.45) is 0 Å². The number of hydrogen-bond donors (Lipinski definition) is 2. The molecular weight excluding hydrogens is 340 g/mol. The van der Waals surface area contributed by atoms with Gasteiger partial charge in [0.25, 0.3) is 5.91 Å². The zero-order chi connectivity index (χ0) is 19.1. The first-order valence-electron chi connectivity index (χ1n) is 7.78. The molecule has 0 spiro atoms. The standard InChI is InChI=1S/C18H20N2O6/c1-11-13(18(22)23)5-6-14(19-11)17(21)20-12-4-7-15(25-3)16(10-12)26-9-8-24-2/h4-7,10H,8-9H2,1-3H3,(H,20,21)(H,22,23). The molecule has 0 fully saturated rings. The number of anilines is 1. The third-order valence-electron chi connectivity index (χ3n) is 3.52. The fourth-order valence-corrected chi connectivity index (χ4v) is 2.21. The first-order valence-corrected chi connectivity index (χ1v) is 7.78.